The standard InChI is InChI=1S/C25H29NO6.C25H29NO4.C24H27NO4/c1-28-20-10-16-17(11-21(20)29-2)23-18(12-22(30-3)24(31-4)25(23)32-5)15-9-14-7-6-8-26(14,27)13-19(15)16;1-27-22-10-17-16-9-15-7-5-6-8-26(15)14-21(16)20-13-25(30-4)24(29-3)12-19(20)18(17)11-23(22)28-2;1-26-21-9-16-15-8-14-6-5-7-25(14)13-20(15)19-12-24(29-4)23(28-3)11-18(19)17(16)10-22(21)27-2/h10-12,14H,6-9,13H2,1-5H3;10-13,15H,5-9,14H2,1-4H3;9-12,14H,5-8,13H2,1-4H3. The number of methoxy groups -OCH3 is 13. The second-order valence-corrected chi connectivity index (χ2v) is 24.8. The zero-order valence-electron chi connectivity index (χ0n) is 55.0. The van der Waals surface area contributed by atoms with Crippen molar-refractivity contribution in [2.24, 2.45) is 0 Å². The molecule has 9 aromatic carbocycles. The lowest BCUT2D eigenvalue weighted by Gasteiger charge is -2.48. The summed E-state index contributed by atoms with van der Waals surface area (Å²) in [5.41, 5.74) is 7.95. The molecule has 3 fully saturated rings. The molecule has 0 saturated carbocycles. The second-order valence-electron chi connectivity index (χ2n) is 24.8. The molecule has 0 N–H and O–H groups in total. The Kier molecular flexibility index (Phi) is 17.0. The largest absolute Gasteiger partial charge is 0.632 e. The quantitative estimate of drug-likeness (QED) is 0.0611. The lowest BCUT2D eigenvalue weighted by atomic mass is 9.82. The monoisotopic (exact) mass is 1240 g/mol. The van der Waals surface area contributed by atoms with Gasteiger partial charge in [-0.15, -0.1) is 0 Å². The van der Waals surface area contributed by atoms with Crippen LogP contribution >= 0.6 is 0 Å². The van der Waals surface area contributed by atoms with Crippen molar-refractivity contribution < 1.29 is 66.2 Å². The van der Waals surface area contributed by atoms with Crippen molar-refractivity contribution >= 4 is 64.6 Å². The van der Waals surface area contributed by atoms with E-state index in [2.05, 4.69) is 58.3 Å². The molecular weight excluding hydrogens is 1150 g/mol. The predicted molar refractivity (Wildman–Crippen MR) is 357 cm³/mol. The van der Waals surface area contributed by atoms with Gasteiger partial charge in [-0.2, -0.15) is 0 Å². The minimum Gasteiger partial charge on any atom is -0.632 e. The van der Waals surface area contributed by atoms with Crippen LogP contribution in [0.1, 0.15) is 78.3 Å². The fourth-order valence-corrected chi connectivity index (χ4v) is 16.3. The molecule has 0 radical (unpaired) electrons. The zero-order valence-corrected chi connectivity index (χ0v) is 55.0. The molecule has 0 amide bonds. The Labute approximate surface area is 532 Å². The van der Waals surface area contributed by atoms with Gasteiger partial charge in [-0.3, -0.25) is 9.80 Å². The molecule has 9 aromatic rings. The molecule has 91 heavy (non-hydrogen) atoms. The van der Waals surface area contributed by atoms with Crippen molar-refractivity contribution in [1.29, 1.82) is 0 Å². The highest BCUT2D eigenvalue weighted by molar-refractivity contribution is 6.17. The number of hydrogen-bond acceptors (Lipinski definition) is 16. The van der Waals surface area contributed by atoms with Gasteiger partial charge < -0.3 is 71.4 Å². The normalized spacial score (nSPS) is 19.8. The fraction of sp³-hybridized carbons (Fsp3) is 0.432. The summed E-state index contributed by atoms with van der Waals surface area (Å²) < 4.78 is 73.4. The van der Waals surface area contributed by atoms with Crippen molar-refractivity contribution in [2.45, 2.75) is 102 Å². The van der Waals surface area contributed by atoms with Gasteiger partial charge in [-0.05, 0) is 205 Å². The van der Waals surface area contributed by atoms with Gasteiger partial charge in [-0.1, -0.05) is 6.42 Å². The SMILES string of the molecule is COc1cc2c3c(c4cc(OC)c(OC)c(OC)c4c2cc1OC)CC1CCC[N+]1([O-])C3.COc1cc2c3c(c4cc(OC)c(OC)cc4c2cc1OC)CN1CCCC1C3.COc1cc2c3c(c4cc(OC)c(OC)cc4c2cc1OC)CN1CCCCC1C3. The van der Waals surface area contributed by atoms with Crippen LogP contribution in [-0.4, -0.2) is 145 Å². The third kappa shape index (κ3) is 10.3. The molecule has 0 aromatic heterocycles. The lowest BCUT2D eigenvalue weighted by Crippen LogP contribution is -2.49. The summed E-state index contributed by atoms with van der Waals surface area (Å²) >= 11 is 0. The second kappa shape index (κ2) is 25.1. The van der Waals surface area contributed by atoms with E-state index in [1.54, 1.807) is 92.4 Å². The van der Waals surface area contributed by atoms with Gasteiger partial charge in [-0.25, -0.2) is 0 Å². The highest BCUT2D eigenvalue weighted by Crippen LogP contribution is 2.54. The van der Waals surface area contributed by atoms with E-state index in [9.17, 15) is 5.21 Å². The molecular formula is C74H85N3O14. The molecule has 480 valence electrons. The van der Waals surface area contributed by atoms with E-state index in [1.165, 1.54) is 105 Å². The van der Waals surface area contributed by atoms with Gasteiger partial charge in [0, 0.05) is 55.4 Å². The summed E-state index contributed by atoms with van der Waals surface area (Å²) in [5, 5.41) is 27.2. The van der Waals surface area contributed by atoms with Crippen LogP contribution in [0.3, 0.4) is 0 Å². The van der Waals surface area contributed by atoms with Crippen LogP contribution < -0.4 is 61.6 Å². The van der Waals surface area contributed by atoms with Crippen LogP contribution in [0.25, 0.3) is 64.6 Å². The first-order valence-corrected chi connectivity index (χ1v) is 31.7. The highest BCUT2D eigenvalue weighted by Gasteiger charge is 2.42. The lowest BCUT2D eigenvalue weighted by molar-refractivity contribution is -0.907. The topological polar surface area (TPSA) is 150 Å². The van der Waals surface area contributed by atoms with Crippen molar-refractivity contribution in [3.63, 3.8) is 0 Å². The van der Waals surface area contributed by atoms with Crippen LogP contribution in [0.5, 0.6) is 74.7 Å². The molecule has 17 nitrogen and oxygen atoms in total. The molecule has 0 bridgehead atoms. The number of nitrogens with zero attached hydrogens (tertiary/aromatic N) is 3. The average Bonchev–Trinajstić information content (AvgIpc) is 1.38. The number of quaternary nitrogens is 1. The Hall–Kier alpha value is -8.22. The van der Waals surface area contributed by atoms with Crippen LogP contribution in [0.15, 0.2) is 66.7 Å². The Morgan fingerprint density at radius 2 is 0.659 bits per heavy atom. The number of hydrogen-bond donors (Lipinski definition) is 0. The number of fused-ring (bicyclic) bond motifs is 21. The maximum absolute atomic E-state index is 13.7. The minimum atomic E-state index is -0.146. The molecule has 6 aliphatic heterocycles. The maximum Gasteiger partial charge on any atom is 0.203 e. The maximum atomic E-state index is 13.7. The van der Waals surface area contributed by atoms with Crippen LogP contribution in [0.4, 0.5) is 0 Å². The highest BCUT2D eigenvalue weighted by atomic mass is 16.6. The summed E-state index contributed by atoms with van der Waals surface area (Å²) in [5.74, 6) is 9.10. The Morgan fingerprint density at radius 3 is 1.07 bits per heavy atom. The first kappa shape index (κ1) is 61.6. The molecule has 4 unspecified atom stereocenters. The van der Waals surface area contributed by atoms with Crippen molar-refractivity contribution in [3.05, 3.63) is 105 Å². The van der Waals surface area contributed by atoms with Gasteiger partial charge in [0.2, 0.25) is 5.75 Å². The van der Waals surface area contributed by atoms with E-state index in [0.717, 1.165) is 129 Å². The minimum absolute atomic E-state index is 0.0855. The van der Waals surface area contributed by atoms with Gasteiger partial charge in [0.1, 0.15) is 6.54 Å². The zero-order chi connectivity index (χ0) is 63.6. The molecule has 17 heteroatoms. The van der Waals surface area contributed by atoms with Crippen LogP contribution in [0, 0.1) is 5.21 Å². The smallest absolute Gasteiger partial charge is 0.203 e. The third-order valence-corrected chi connectivity index (χ3v) is 20.8. The summed E-state index contributed by atoms with van der Waals surface area (Å²) in [6.07, 6.45) is 11.3. The number of benzene rings is 9. The molecule has 15 rings (SSSR count). The van der Waals surface area contributed by atoms with E-state index in [-0.39, 0.29) is 10.7 Å². The molecule has 4 atom stereocenters. The Balaban J connectivity index is 0.000000125. The van der Waals surface area contributed by atoms with E-state index in [1.807, 2.05) is 18.2 Å². The van der Waals surface area contributed by atoms with Gasteiger partial charge >= 0.3 is 0 Å². The summed E-state index contributed by atoms with van der Waals surface area (Å²) in [6, 6.07) is 24.3. The van der Waals surface area contributed by atoms with E-state index in [4.69, 9.17) is 61.6 Å². The summed E-state index contributed by atoms with van der Waals surface area (Å²) in [4.78, 5) is 5.29. The third-order valence-electron chi connectivity index (χ3n) is 20.8. The Morgan fingerprint density at radius 1 is 0.319 bits per heavy atom. The summed E-state index contributed by atoms with van der Waals surface area (Å²) in [6.45, 7) is 5.46. The number of piperidine rings is 1. The first-order valence-electron chi connectivity index (χ1n) is 31.7. The van der Waals surface area contributed by atoms with Gasteiger partial charge in [0.05, 0.1) is 105 Å². The van der Waals surface area contributed by atoms with Crippen LogP contribution in [0.2, 0.25) is 0 Å². The average molecular weight is 1240 g/mol. The number of hydroxylamine groups is 3. The van der Waals surface area contributed by atoms with E-state index < -0.39 is 0 Å². The van der Waals surface area contributed by atoms with Crippen molar-refractivity contribution in [2.75, 3.05) is 112 Å². The van der Waals surface area contributed by atoms with E-state index >= 15 is 0 Å². The van der Waals surface area contributed by atoms with Gasteiger partial charge in [0.25, 0.3) is 0 Å². The Bertz CT molecular complexity index is 4150. The van der Waals surface area contributed by atoms with Crippen molar-refractivity contribution in [3.8, 4) is 74.7 Å². The van der Waals surface area contributed by atoms with Crippen molar-refractivity contribution in [1.82, 2.24) is 9.80 Å². The fourth-order valence-electron chi connectivity index (χ4n) is 16.3. The summed E-state index contributed by atoms with van der Waals surface area (Å²) in [7, 11) is 21.7. The number of ether oxygens (including phenoxy) is 13. The van der Waals surface area contributed by atoms with Crippen LogP contribution in [-0.2, 0) is 38.9 Å². The molecule has 6 aliphatic rings. The molecule has 0 aliphatic carbocycles. The predicted octanol–water partition coefficient (Wildman–Crippen LogP) is 14.1. The molecule has 0 spiro atoms. The van der Waals surface area contributed by atoms with E-state index in [0.29, 0.717) is 53.9 Å². The molecule has 3 saturated heterocycles. The molecule has 6 heterocycles. The number of rotatable bonds is 13. The first-order chi connectivity index (χ1) is 44.3. The van der Waals surface area contributed by atoms with Gasteiger partial charge in [0.15, 0.2) is 69.0 Å².